The Bertz CT molecular complexity index is 853. The predicted octanol–water partition coefficient (Wildman–Crippen LogP) is 5.10. The molecule has 0 aliphatic rings. The molecule has 0 fully saturated rings. The average Bonchev–Trinajstić information content (AvgIpc) is 2.86. The summed E-state index contributed by atoms with van der Waals surface area (Å²) in [6, 6.07) is 6.39. The van der Waals surface area contributed by atoms with E-state index >= 15 is 0 Å². The minimum absolute atomic E-state index is 0.190. The second-order valence-electron chi connectivity index (χ2n) is 5.04. The molecule has 0 bridgehead atoms. The number of hydrogen-bond acceptors (Lipinski definition) is 0. The topological polar surface area (TPSA) is 4.93 Å². The minimum Gasteiger partial charge on any atom is -0.338 e. The van der Waals surface area contributed by atoms with E-state index < -0.39 is 29.9 Å². The Kier molecular flexibility index (Phi) is 3.76. The lowest BCUT2D eigenvalue weighted by Crippen LogP contribution is -2.03. The van der Waals surface area contributed by atoms with Crippen LogP contribution < -0.4 is 0 Å². The molecule has 0 saturated carbocycles. The van der Waals surface area contributed by atoms with Gasteiger partial charge in [-0.3, -0.25) is 4.39 Å². The maximum absolute atomic E-state index is 14.2. The molecule has 0 spiro atoms. The Morgan fingerprint density at radius 2 is 1.50 bits per heavy atom. The average molecular weight is 313 g/mol. The standard InChI is InChI=1S/C16H12F5N/c17-7-3-4-8-22-10-6-2-1-5-9(10)11-12(18)13(19)14(20)15(21)16(11)22/h1-2,5-6H,3-4,7-8H2. The molecule has 0 unspecified atom stereocenters. The van der Waals surface area contributed by atoms with Crippen LogP contribution in [0.2, 0.25) is 0 Å². The third kappa shape index (κ3) is 2.05. The Morgan fingerprint density at radius 3 is 2.23 bits per heavy atom. The monoisotopic (exact) mass is 313 g/mol. The van der Waals surface area contributed by atoms with Crippen molar-refractivity contribution in [2.75, 3.05) is 6.67 Å². The van der Waals surface area contributed by atoms with E-state index in [1.54, 1.807) is 18.2 Å². The molecule has 1 heterocycles. The number of aromatic nitrogens is 1. The number of rotatable bonds is 4. The molecule has 0 amide bonds. The zero-order valence-corrected chi connectivity index (χ0v) is 11.5. The summed E-state index contributed by atoms with van der Waals surface area (Å²) in [4.78, 5) is 0. The SMILES string of the molecule is FCCCCn1c2ccccc2c2c(F)c(F)c(F)c(F)c21. The number of hydrogen-bond donors (Lipinski definition) is 0. The summed E-state index contributed by atoms with van der Waals surface area (Å²) >= 11 is 0. The fourth-order valence-corrected chi connectivity index (χ4v) is 2.76. The van der Waals surface area contributed by atoms with Gasteiger partial charge in [-0.25, -0.2) is 17.6 Å². The van der Waals surface area contributed by atoms with Gasteiger partial charge in [-0.05, 0) is 18.9 Å². The molecule has 1 nitrogen and oxygen atoms in total. The van der Waals surface area contributed by atoms with Crippen LogP contribution in [0.3, 0.4) is 0 Å². The van der Waals surface area contributed by atoms with Gasteiger partial charge in [0.1, 0.15) is 0 Å². The highest BCUT2D eigenvalue weighted by atomic mass is 19.2. The van der Waals surface area contributed by atoms with Gasteiger partial charge in [0.05, 0.1) is 12.2 Å². The maximum atomic E-state index is 14.2. The first kappa shape index (κ1) is 14.8. The van der Waals surface area contributed by atoms with E-state index in [4.69, 9.17) is 0 Å². The zero-order chi connectivity index (χ0) is 15.9. The molecule has 0 aliphatic heterocycles. The number of unbranched alkanes of at least 4 members (excludes halogenated alkanes) is 1. The van der Waals surface area contributed by atoms with Crippen LogP contribution in [-0.2, 0) is 6.54 Å². The van der Waals surface area contributed by atoms with Crippen LogP contribution in [0.4, 0.5) is 22.0 Å². The highest BCUT2D eigenvalue weighted by molar-refractivity contribution is 6.08. The van der Waals surface area contributed by atoms with Gasteiger partial charge in [0.2, 0.25) is 0 Å². The first-order valence-corrected chi connectivity index (χ1v) is 6.86. The molecule has 3 rings (SSSR count). The lowest BCUT2D eigenvalue weighted by molar-refractivity contribution is 0.415. The second kappa shape index (κ2) is 5.59. The quantitative estimate of drug-likeness (QED) is 0.273. The van der Waals surface area contributed by atoms with Crippen LogP contribution >= 0.6 is 0 Å². The molecular formula is C16H12F5N. The Hall–Kier alpha value is -2.11. The van der Waals surface area contributed by atoms with Crippen LogP contribution in [0, 0.1) is 23.3 Å². The Morgan fingerprint density at radius 1 is 0.818 bits per heavy atom. The van der Waals surface area contributed by atoms with Crippen LogP contribution in [0.15, 0.2) is 24.3 Å². The molecular weight excluding hydrogens is 301 g/mol. The van der Waals surface area contributed by atoms with Crippen LogP contribution in [0.25, 0.3) is 21.8 Å². The summed E-state index contributed by atoms with van der Waals surface area (Å²) < 4.78 is 69.0. The largest absolute Gasteiger partial charge is 0.338 e. The number of alkyl halides is 1. The lowest BCUT2D eigenvalue weighted by Gasteiger charge is -2.08. The molecule has 3 aromatic rings. The van der Waals surface area contributed by atoms with Crippen molar-refractivity contribution in [3.63, 3.8) is 0 Å². The van der Waals surface area contributed by atoms with Crippen molar-refractivity contribution >= 4 is 21.8 Å². The minimum atomic E-state index is -1.83. The van der Waals surface area contributed by atoms with Gasteiger partial charge < -0.3 is 4.57 Å². The highest BCUT2D eigenvalue weighted by Gasteiger charge is 2.25. The van der Waals surface area contributed by atoms with Gasteiger partial charge in [0.25, 0.3) is 0 Å². The fourth-order valence-electron chi connectivity index (χ4n) is 2.76. The molecule has 1 aromatic heterocycles. The fraction of sp³-hybridized carbons (Fsp3) is 0.250. The van der Waals surface area contributed by atoms with Crippen molar-refractivity contribution in [2.45, 2.75) is 19.4 Å². The van der Waals surface area contributed by atoms with Gasteiger partial charge in [-0.15, -0.1) is 0 Å². The molecule has 6 heteroatoms. The van der Waals surface area contributed by atoms with Crippen molar-refractivity contribution in [3.8, 4) is 0 Å². The van der Waals surface area contributed by atoms with E-state index in [0.29, 0.717) is 17.3 Å². The van der Waals surface area contributed by atoms with E-state index in [0.717, 1.165) is 0 Å². The molecule has 116 valence electrons. The molecule has 22 heavy (non-hydrogen) atoms. The van der Waals surface area contributed by atoms with Crippen LogP contribution in [-0.4, -0.2) is 11.2 Å². The van der Waals surface area contributed by atoms with Gasteiger partial charge in [-0.2, -0.15) is 0 Å². The van der Waals surface area contributed by atoms with Crippen molar-refractivity contribution in [2.24, 2.45) is 0 Å². The number of halogens is 5. The first-order valence-electron chi connectivity index (χ1n) is 6.86. The van der Waals surface area contributed by atoms with Crippen molar-refractivity contribution in [1.29, 1.82) is 0 Å². The second-order valence-corrected chi connectivity index (χ2v) is 5.04. The predicted molar refractivity (Wildman–Crippen MR) is 74.5 cm³/mol. The number of fused-ring (bicyclic) bond motifs is 3. The number of nitrogens with zero attached hydrogens (tertiary/aromatic N) is 1. The van der Waals surface area contributed by atoms with Gasteiger partial charge in [0.15, 0.2) is 23.3 Å². The van der Waals surface area contributed by atoms with Crippen LogP contribution in [0.1, 0.15) is 12.8 Å². The molecule has 0 atom stereocenters. The Balaban J connectivity index is 2.40. The summed E-state index contributed by atoms with van der Waals surface area (Å²) in [6.07, 6.45) is 0.631. The van der Waals surface area contributed by atoms with Crippen molar-refractivity contribution in [1.82, 2.24) is 4.57 Å². The normalized spacial score (nSPS) is 11.7. The van der Waals surface area contributed by atoms with Gasteiger partial charge in [-0.1, -0.05) is 18.2 Å². The Labute approximate surface area is 123 Å². The zero-order valence-electron chi connectivity index (χ0n) is 11.5. The van der Waals surface area contributed by atoms with Gasteiger partial charge in [0, 0.05) is 22.8 Å². The van der Waals surface area contributed by atoms with Gasteiger partial charge >= 0.3 is 0 Å². The third-order valence-electron chi connectivity index (χ3n) is 3.74. The maximum Gasteiger partial charge on any atom is 0.199 e. The lowest BCUT2D eigenvalue weighted by atomic mass is 10.1. The van der Waals surface area contributed by atoms with Crippen LogP contribution in [0.5, 0.6) is 0 Å². The van der Waals surface area contributed by atoms with E-state index in [9.17, 15) is 22.0 Å². The summed E-state index contributed by atoms with van der Waals surface area (Å²) in [6.45, 7) is -0.341. The number of aryl methyl sites for hydroxylation is 1. The molecule has 0 aliphatic carbocycles. The van der Waals surface area contributed by atoms with E-state index in [1.807, 2.05) is 0 Å². The number of benzene rings is 2. The van der Waals surface area contributed by atoms with E-state index in [1.165, 1.54) is 10.6 Å². The molecule has 2 aromatic carbocycles. The first-order chi connectivity index (χ1) is 10.6. The van der Waals surface area contributed by atoms with Crippen molar-refractivity contribution in [3.05, 3.63) is 47.5 Å². The van der Waals surface area contributed by atoms with E-state index in [-0.39, 0.29) is 23.9 Å². The third-order valence-corrected chi connectivity index (χ3v) is 3.74. The molecule has 0 N–H and O–H groups in total. The smallest absolute Gasteiger partial charge is 0.199 e. The summed E-state index contributed by atoms with van der Waals surface area (Å²) in [5, 5.41) is 0.0142. The number of para-hydroxylation sites is 1. The van der Waals surface area contributed by atoms with E-state index in [2.05, 4.69) is 0 Å². The van der Waals surface area contributed by atoms with Crippen molar-refractivity contribution < 1.29 is 22.0 Å². The summed E-state index contributed by atoms with van der Waals surface area (Å²) in [5.74, 6) is -6.49. The highest BCUT2D eigenvalue weighted by Crippen LogP contribution is 2.35. The summed E-state index contributed by atoms with van der Waals surface area (Å²) in [5.41, 5.74) is 0.135. The molecule has 0 radical (unpaired) electrons. The molecule has 0 saturated heterocycles. The summed E-state index contributed by atoms with van der Waals surface area (Å²) in [7, 11) is 0.